The number of allylic oxidation sites excluding steroid dienone is 1. The third-order valence-electron chi connectivity index (χ3n) is 3.39. The highest BCUT2D eigenvalue weighted by Crippen LogP contribution is 2.22. The van der Waals surface area contributed by atoms with Crippen molar-refractivity contribution in [2.75, 3.05) is 11.1 Å². The minimum absolute atomic E-state index is 0.598. The van der Waals surface area contributed by atoms with E-state index in [1.165, 1.54) is 0 Å². The van der Waals surface area contributed by atoms with Crippen LogP contribution in [0.1, 0.15) is 18.1 Å². The first-order valence-corrected chi connectivity index (χ1v) is 6.99. The van der Waals surface area contributed by atoms with Gasteiger partial charge in [0.2, 0.25) is 0 Å². The van der Waals surface area contributed by atoms with E-state index in [2.05, 4.69) is 21.9 Å². The van der Waals surface area contributed by atoms with Crippen LogP contribution in [0, 0.1) is 13.8 Å². The van der Waals surface area contributed by atoms with Crippen molar-refractivity contribution in [3.05, 3.63) is 52.7 Å². The highest BCUT2D eigenvalue weighted by molar-refractivity contribution is 5.70. The molecule has 0 unspecified atom stereocenters. The minimum Gasteiger partial charge on any atom is -0.402 e. The van der Waals surface area contributed by atoms with E-state index in [9.17, 15) is 0 Å². The number of nitrogens with one attached hydrogen (secondary N) is 1. The number of anilines is 3. The van der Waals surface area contributed by atoms with Crippen molar-refractivity contribution in [2.45, 2.75) is 20.8 Å². The molecule has 5 nitrogen and oxygen atoms in total. The van der Waals surface area contributed by atoms with Crippen molar-refractivity contribution >= 4 is 29.1 Å². The van der Waals surface area contributed by atoms with Gasteiger partial charge in [-0.25, -0.2) is 9.97 Å². The van der Waals surface area contributed by atoms with Crippen LogP contribution in [0.4, 0.5) is 17.3 Å². The fraction of sp³-hybridized carbons (Fsp3) is 0.176. The minimum atomic E-state index is 0.598. The second-order valence-corrected chi connectivity index (χ2v) is 5.19. The van der Waals surface area contributed by atoms with Crippen molar-refractivity contribution in [1.82, 2.24) is 9.97 Å². The molecule has 5 heteroatoms. The Kier molecular flexibility index (Phi) is 4.46. The second kappa shape index (κ2) is 6.30. The van der Waals surface area contributed by atoms with Crippen LogP contribution in [0.25, 0.3) is 11.8 Å². The Hall–Kier alpha value is -2.82. The van der Waals surface area contributed by atoms with Gasteiger partial charge in [0.15, 0.2) is 5.82 Å². The summed E-state index contributed by atoms with van der Waals surface area (Å²) in [4.78, 5) is 8.89. The maximum absolute atomic E-state index is 6.05. The molecule has 0 aliphatic heterocycles. The molecule has 0 fully saturated rings. The van der Waals surface area contributed by atoms with E-state index < -0.39 is 0 Å². The molecule has 2 aromatic heterocycles. The number of hydrogen-bond acceptors (Lipinski definition) is 5. The molecule has 0 aliphatic carbocycles. The van der Waals surface area contributed by atoms with Crippen molar-refractivity contribution < 1.29 is 0 Å². The van der Waals surface area contributed by atoms with Crippen LogP contribution < -0.4 is 27.4 Å². The summed E-state index contributed by atoms with van der Waals surface area (Å²) in [6, 6.07) is 3.86. The lowest BCUT2D eigenvalue weighted by Crippen LogP contribution is -2.33. The average Bonchev–Trinajstić information content (AvgIpc) is 2.47. The number of pyridine rings is 2. The van der Waals surface area contributed by atoms with Gasteiger partial charge in [0, 0.05) is 17.1 Å². The number of nitrogen functional groups attached to an aromatic ring is 1. The van der Waals surface area contributed by atoms with E-state index in [0.717, 1.165) is 21.7 Å². The molecule has 0 radical (unpaired) electrons. The fourth-order valence-corrected chi connectivity index (χ4v) is 2.09. The molecule has 0 aliphatic rings. The molecule has 0 atom stereocenters. The largest absolute Gasteiger partial charge is 0.402 e. The quantitative estimate of drug-likeness (QED) is 0.798. The molecule has 2 rings (SSSR count). The van der Waals surface area contributed by atoms with Gasteiger partial charge in [0.1, 0.15) is 5.82 Å². The van der Waals surface area contributed by atoms with Gasteiger partial charge in [-0.3, -0.25) is 0 Å². The summed E-state index contributed by atoms with van der Waals surface area (Å²) < 4.78 is 0. The Morgan fingerprint density at radius 3 is 2.64 bits per heavy atom. The van der Waals surface area contributed by atoms with E-state index in [1.807, 2.05) is 39.0 Å². The predicted octanol–water partition coefficient (Wildman–Crippen LogP) is 1.47. The van der Waals surface area contributed by atoms with Gasteiger partial charge >= 0.3 is 0 Å². The summed E-state index contributed by atoms with van der Waals surface area (Å²) in [6.07, 6.45) is 5.23. The number of aryl methyl sites for hydroxylation is 2. The third kappa shape index (κ3) is 3.09. The maximum atomic E-state index is 6.05. The molecule has 0 saturated heterocycles. The monoisotopic (exact) mass is 295 g/mol. The van der Waals surface area contributed by atoms with Gasteiger partial charge < -0.3 is 16.8 Å². The Bertz CT molecular complexity index is 833. The first kappa shape index (κ1) is 15.6. The second-order valence-electron chi connectivity index (χ2n) is 5.19. The zero-order valence-corrected chi connectivity index (χ0v) is 13.1. The maximum Gasteiger partial charge on any atom is 0.155 e. The van der Waals surface area contributed by atoms with E-state index in [4.69, 9.17) is 11.5 Å². The SMILES string of the molecule is C=C/C=c1/nc(Nc2nccc(C)c2N)c(C)c/c1=C(/C)N. The molecule has 22 heavy (non-hydrogen) atoms. The average molecular weight is 295 g/mol. The number of aromatic nitrogens is 2. The van der Waals surface area contributed by atoms with Gasteiger partial charge in [-0.2, -0.15) is 0 Å². The molecule has 0 amide bonds. The zero-order chi connectivity index (χ0) is 16.3. The third-order valence-corrected chi connectivity index (χ3v) is 3.39. The van der Waals surface area contributed by atoms with Gasteiger partial charge in [-0.05, 0) is 50.1 Å². The van der Waals surface area contributed by atoms with Gasteiger partial charge in [0.25, 0.3) is 0 Å². The summed E-state index contributed by atoms with van der Waals surface area (Å²) in [7, 11) is 0. The fourth-order valence-electron chi connectivity index (χ4n) is 2.09. The number of hydrogen-bond donors (Lipinski definition) is 3. The summed E-state index contributed by atoms with van der Waals surface area (Å²) in [5.41, 5.74) is 15.2. The lowest BCUT2D eigenvalue weighted by Gasteiger charge is -2.11. The van der Waals surface area contributed by atoms with E-state index >= 15 is 0 Å². The van der Waals surface area contributed by atoms with Crippen LogP contribution in [0.5, 0.6) is 0 Å². The highest BCUT2D eigenvalue weighted by Gasteiger charge is 2.07. The van der Waals surface area contributed by atoms with E-state index in [-0.39, 0.29) is 0 Å². The standard InChI is InChI=1S/C17H21N5/c1-5-6-14-13(12(4)18)9-11(3)16(21-14)22-17-15(19)10(2)7-8-20-17/h5-9H,1,18-19H2,2-4H3,(H,20,21,22)/b13-12+,14-6+. The molecule has 114 valence electrons. The van der Waals surface area contributed by atoms with Crippen molar-refractivity contribution in [1.29, 1.82) is 0 Å². The van der Waals surface area contributed by atoms with Crippen LogP contribution in [-0.4, -0.2) is 9.97 Å². The van der Waals surface area contributed by atoms with Gasteiger partial charge in [-0.15, -0.1) is 0 Å². The van der Waals surface area contributed by atoms with Crippen LogP contribution in [-0.2, 0) is 0 Å². The lowest BCUT2D eigenvalue weighted by molar-refractivity contribution is 1.15. The van der Waals surface area contributed by atoms with Crippen LogP contribution >= 0.6 is 0 Å². The van der Waals surface area contributed by atoms with Crippen molar-refractivity contribution in [3.8, 4) is 0 Å². The molecule has 2 aromatic rings. The zero-order valence-electron chi connectivity index (χ0n) is 13.1. The van der Waals surface area contributed by atoms with E-state index in [0.29, 0.717) is 23.0 Å². The molecule has 0 bridgehead atoms. The molecule has 2 heterocycles. The lowest BCUT2D eigenvalue weighted by atomic mass is 10.2. The summed E-state index contributed by atoms with van der Waals surface area (Å²) in [6.45, 7) is 9.47. The Morgan fingerprint density at radius 1 is 1.27 bits per heavy atom. The molecule has 0 aromatic carbocycles. The smallest absolute Gasteiger partial charge is 0.155 e. The summed E-state index contributed by atoms with van der Waals surface area (Å²) >= 11 is 0. The van der Waals surface area contributed by atoms with E-state index in [1.54, 1.807) is 12.3 Å². The number of nitrogens with two attached hydrogens (primary N) is 2. The van der Waals surface area contributed by atoms with Crippen molar-refractivity contribution in [2.24, 2.45) is 5.73 Å². The van der Waals surface area contributed by atoms with Gasteiger partial charge in [0.05, 0.1) is 11.0 Å². The Morgan fingerprint density at radius 2 is 2.00 bits per heavy atom. The molecule has 0 saturated carbocycles. The van der Waals surface area contributed by atoms with Crippen LogP contribution in [0.3, 0.4) is 0 Å². The first-order valence-electron chi connectivity index (χ1n) is 6.99. The molecule has 5 N–H and O–H groups in total. The number of nitrogens with zero attached hydrogens (tertiary/aromatic N) is 2. The molecular formula is C17H21N5. The Balaban J connectivity index is 2.60. The first-order chi connectivity index (χ1) is 10.4. The van der Waals surface area contributed by atoms with Crippen LogP contribution in [0.2, 0.25) is 0 Å². The highest BCUT2D eigenvalue weighted by atomic mass is 15.1. The van der Waals surface area contributed by atoms with Gasteiger partial charge in [-0.1, -0.05) is 12.7 Å². The van der Waals surface area contributed by atoms with Crippen molar-refractivity contribution in [3.63, 3.8) is 0 Å². The number of rotatable bonds is 3. The summed E-state index contributed by atoms with van der Waals surface area (Å²) in [5, 5.41) is 4.85. The molecule has 0 spiro atoms. The normalized spacial score (nSPS) is 13.0. The predicted molar refractivity (Wildman–Crippen MR) is 92.8 cm³/mol. The van der Waals surface area contributed by atoms with Crippen LogP contribution in [0.15, 0.2) is 31.0 Å². The topological polar surface area (TPSA) is 89.8 Å². The summed E-state index contributed by atoms with van der Waals surface area (Å²) in [5.74, 6) is 1.30. The Labute approximate surface area is 130 Å². The molecular weight excluding hydrogens is 274 g/mol.